The Labute approximate surface area is 131 Å². The van der Waals surface area contributed by atoms with Crippen LogP contribution < -0.4 is 0 Å². The number of hydrogen-bond acceptors (Lipinski definition) is 5. The molecular weight excluding hydrogens is 288 g/mol. The van der Waals surface area contributed by atoms with E-state index in [1.54, 1.807) is 9.25 Å². The van der Waals surface area contributed by atoms with Crippen LogP contribution in [0.25, 0.3) is 0 Å². The lowest BCUT2D eigenvalue weighted by atomic mass is 10.1. The molecule has 6 nitrogen and oxygen atoms in total. The van der Waals surface area contributed by atoms with Gasteiger partial charge in [-0.15, -0.1) is 0 Å². The molecule has 0 amide bonds. The van der Waals surface area contributed by atoms with E-state index in [9.17, 15) is 5.11 Å². The fourth-order valence-electron chi connectivity index (χ4n) is 2.58. The predicted octanol–water partition coefficient (Wildman–Crippen LogP) is 1.68. The van der Waals surface area contributed by atoms with Crippen molar-refractivity contribution in [3.8, 4) is 0 Å². The van der Waals surface area contributed by atoms with Gasteiger partial charge in [-0.1, -0.05) is 0 Å². The summed E-state index contributed by atoms with van der Waals surface area (Å²) in [5, 5.41) is 13.7. The van der Waals surface area contributed by atoms with Crippen LogP contribution in [0.5, 0.6) is 0 Å². The number of aromatic nitrogens is 3. The van der Waals surface area contributed by atoms with Crippen LogP contribution in [0.3, 0.4) is 0 Å². The van der Waals surface area contributed by atoms with E-state index in [4.69, 9.17) is 17.0 Å². The number of nitrogens with zero attached hydrogens (tertiary/aromatic N) is 4. The number of aliphatic hydroxyl groups is 1. The standard InChI is InChI=1S/C14H26N4O2S/c1-11(2)17(8-12-6-4-5-7-20-12)10-18-14(21)16(3)13(9-19)15-18/h11-12,19H,4-10H2,1-3H3. The SMILES string of the molecule is CC(C)N(CC1CCCCO1)Cn1nc(CO)n(C)c1=S. The molecule has 1 N–H and O–H groups in total. The molecule has 2 rings (SSSR count). The lowest BCUT2D eigenvalue weighted by Crippen LogP contribution is -2.41. The van der Waals surface area contributed by atoms with Crippen LogP contribution >= 0.6 is 12.2 Å². The van der Waals surface area contributed by atoms with Crippen LogP contribution in [-0.2, 0) is 25.1 Å². The van der Waals surface area contributed by atoms with Crippen LogP contribution in [0.2, 0.25) is 0 Å². The van der Waals surface area contributed by atoms with E-state index >= 15 is 0 Å². The maximum atomic E-state index is 9.28. The maximum Gasteiger partial charge on any atom is 0.198 e. The third-order valence-corrected chi connectivity index (χ3v) is 4.52. The number of rotatable bonds is 6. The maximum absolute atomic E-state index is 9.28. The Bertz CT molecular complexity index is 506. The van der Waals surface area contributed by atoms with Gasteiger partial charge in [0.1, 0.15) is 6.61 Å². The van der Waals surface area contributed by atoms with E-state index in [-0.39, 0.29) is 6.61 Å². The Balaban J connectivity index is 2.07. The zero-order valence-electron chi connectivity index (χ0n) is 13.2. The molecule has 0 bridgehead atoms. The molecular formula is C14H26N4O2S. The smallest absolute Gasteiger partial charge is 0.198 e. The van der Waals surface area contributed by atoms with Crippen LogP contribution in [0.15, 0.2) is 0 Å². The van der Waals surface area contributed by atoms with Crippen molar-refractivity contribution in [1.82, 2.24) is 19.2 Å². The Kier molecular flexibility index (Phi) is 5.92. The Morgan fingerprint density at radius 3 is 2.76 bits per heavy atom. The van der Waals surface area contributed by atoms with Crippen LogP contribution in [0.1, 0.15) is 38.9 Å². The van der Waals surface area contributed by atoms with E-state index in [0.29, 0.717) is 29.4 Å². The van der Waals surface area contributed by atoms with Crippen LogP contribution in [0.4, 0.5) is 0 Å². The molecule has 0 aromatic carbocycles. The summed E-state index contributed by atoms with van der Waals surface area (Å²) in [6.45, 7) is 6.63. The van der Waals surface area contributed by atoms with Gasteiger partial charge in [0.05, 0.1) is 12.8 Å². The fraction of sp³-hybridized carbons (Fsp3) is 0.857. The van der Waals surface area contributed by atoms with E-state index in [2.05, 4.69) is 23.8 Å². The fourth-order valence-corrected chi connectivity index (χ4v) is 2.78. The molecule has 1 aliphatic heterocycles. The molecule has 0 radical (unpaired) electrons. The molecule has 0 saturated carbocycles. The molecule has 1 saturated heterocycles. The minimum atomic E-state index is -0.0967. The summed E-state index contributed by atoms with van der Waals surface area (Å²) >= 11 is 5.38. The van der Waals surface area contributed by atoms with Crippen molar-refractivity contribution in [1.29, 1.82) is 0 Å². The topological polar surface area (TPSA) is 55.4 Å². The quantitative estimate of drug-likeness (QED) is 0.810. The number of ether oxygens (including phenoxy) is 1. The third kappa shape index (κ3) is 4.12. The average molecular weight is 314 g/mol. The molecule has 1 aromatic rings. The van der Waals surface area contributed by atoms with Crippen molar-refractivity contribution in [3.05, 3.63) is 10.6 Å². The van der Waals surface area contributed by atoms with E-state index < -0.39 is 0 Å². The summed E-state index contributed by atoms with van der Waals surface area (Å²) in [7, 11) is 1.83. The van der Waals surface area contributed by atoms with Crippen molar-refractivity contribution in [2.24, 2.45) is 7.05 Å². The summed E-state index contributed by atoms with van der Waals surface area (Å²) in [5.41, 5.74) is 0. The minimum Gasteiger partial charge on any atom is -0.388 e. The van der Waals surface area contributed by atoms with Crippen LogP contribution in [0, 0.1) is 4.77 Å². The number of aliphatic hydroxyl groups excluding tert-OH is 1. The van der Waals surface area contributed by atoms with E-state index in [1.165, 1.54) is 12.8 Å². The summed E-state index contributed by atoms with van der Waals surface area (Å²) in [6.07, 6.45) is 3.84. The van der Waals surface area contributed by atoms with Crippen molar-refractivity contribution in [3.63, 3.8) is 0 Å². The normalized spacial score (nSPS) is 19.6. The van der Waals surface area contributed by atoms with Gasteiger partial charge in [0.25, 0.3) is 0 Å². The van der Waals surface area contributed by atoms with E-state index in [1.807, 2.05) is 7.05 Å². The van der Waals surface area contributed by atoms with Gasteiger partial charge in [-0.2, -0.15) is 5.10 Å². The van der Waals surface area contributed by atoms with Gasteiger partial charge in [-0.3, -0.25) is 4.90 Å². The third-order valence-electron chi connectivity index (χ3n) is 4.03. The summed E-state index contributed by atoms with van der Waals surface area (Å²) in [4.78, 5) is 2.32. The average Bonchev–Trinajstić information content (AvgIpc) is 2.75. The van der Waals surface area contributed by atoms with Crippen molar-refractivity contribution in [2.75, 3.05) is 13.2 Å². The first-order chi connectivity index (χ1) is 10.0. The molecule has 1 fully saturated rings. The van der Waals surface area contributed by atoms with E-state index in [0.717, 1.165) is 19.6 Å². The molecule has 1 aromatic heterocycles. The summed E-state index contributed by atoms with van der Waals surface area (Å²) in [5.74, 6) is 0.595. The highest BCUT2D eigenvalue weighted by Crippen LogP contribution is 2.15. The lowest BCUT2D eigenvalue weighted by molar-refractivity contribution is -0.0190. The minimum absolute atomic E-state index is 0.0967. The molecule has 120 valence electrons. The Morgan fingerprint density at radius 2 is 2.24 bits per heavy atom. The zero-order chi connectivity index (χ0) is 15.4. The van der Waals surface area contributed by atoms with Gasteiger partial charge in [-0.05, 0) is 45.3 Å². The Hall–Kier alpha value is -0.760. The molecule has 21 heavy (non-hydrogen) atoms. The second kappa shape index (κ2) is 7.49. The predicted molar refractivity (Wildman–Crippen MR) is 83.4 cm³/mol. The first-order valence-corrected chi connectivity index (χ1v) is 8.03. The Morgan fingerprint density at radius 1 is 1.48 bits per heavy atom. The second-order valence-corrected chi connectivity index (χ2v) is 6.28. The second-order valence-electron chi connectivity index (χ2n) is 5.91. The summed E-state index contributed by atoms with van der Waals surface area (Å²) < 4.78 is 10.0. The molecule has 0 aliphatic carbocycles. The molecule has 1 atom stereocenters. The lowest BCUT2D eigenvalue weighted by Gasteiger charge is -2.32. The van der Waals surface area contributed by atoms with Crippen LogP contribution in [-0.4, -0.2) is 49.7 Å². The van der Waals surface area contributed by atoms with Gasteiger partial charge >= 0.3 is 0 Å². The summed E-state index contributed by atoms with van der Waals surface area (Å²) in [6, 6.07) is 0.386. The highest BCUT2D eigenvalue weighted by molar-refractivity contribution is 7.71. The molecule has 2 heterocycles. The first kappa shape index (κ1) is 16.6. The van der Waals surface area contributed by atoms with Gasteiger partial charge in [0, 0.05) is 26.2 Å². The molecule has 1 unspecified atom stereocenters. The largest absolute Gasteiger partial charge is 0.388 e. The molecule has 0 spiro atoms. The van der Waals surface area contributed by atoms with Crippen molar-refractivity contribution < 1.29 is 9.84 Å². The van der Waals surface area contributed by atoms with Gasteiger partial charge in [-0.25, -0.2) is 4.68 Å². The zero-order valence-corrected chi connectivity index (χ0v) is 14.0. The first-order valence-electron chi connectivity index (χ1n) is 7.62. The van der Waals surface area contributed by atoms with Crippen molar-refractivity contribution in [2.45, 2.75) is 58.5 Å². The van der Waals surface area contributed by atoms with Gasteiger partial charge in [0.2, 0.25) is 0 Å². The highest BCUT2D eigenvalue weighted by atomic mass is 32.1. The molecule has 1 aliphatic rings. The monoisotopic (exact) mass is 314 g/mol. The van der Waals surface area contributed by atoms with Crippen molar-refractivity contribution >= 4 is 12.2 Å². The van der Waals surface area contributed by atoms with Gasteiger partial charge < -0.3 is 14.4 Å². The molecule has 7 heteroatoms. The highest BCUT2D eigenvalue weighted by Gasteiger charge is 2.21. The van der Waals surface area contributed by atoms with Gasteiger partial charge in [0.15, 0.2) is 10.6 Å². The number of hydrogen-bond donors (Lipinski definition) is 1.